The Hall–Kier alpha value is -0.790. The minimum Gasteiger partial charge on any atom is -0.478 e. The lowest BCUT2D eigenvalue weighted by Crippen LogP contribution is -2.07. The van der Waals surface area contributed by atoms with E-state index in [1.54, 1.807) is 0 Å². The third-order valence-corrected chi connectivity index (χ3v) is 3.28. The summed E-state index contributed by atoms with van der Waals surface area (Å²) >= 11 is 0. The van der Waals surface area contributed by atoms with E-state index in [1.165, 1.54) is 31.8 Å². The minimum absolute atomic E-state index is 0.569. The topological polar surface area (TPSA) is 37.3 Å². The highest BCUT2D eigenvalue weighted by Crippen LogP contribution is 2.48. The van der Waals surface area contributed by atoms with E-state index in [9.17, 15) is 4.79 Å². The van der Waals surface area contributed by atoms with Crippen LogP contribution in [0.3, 0.4) is 0 Å². The Morgan fingerprint density at radius 1 is 1.33 bits per heavy atom. The van der Waals surface area contributed by atoms with Crippen LogP contribution in [0.2, 0.25) is 0 Å². The number of allylic oxidation sites excluding steroid dienone is 1. The molecule has 12 heavy (non-hydrogen) atoms. The van der Waals surface area contributed by atoms with Crippen molar-refractivity contribution in [2.75, 3.05) is 0 Å². The molecule has 0 radical (unpaired) electrons. The molecule has 2 fully saturated rings. The Kier molecular flexibility index (Phi) is 1.91. The Morgan fingerprint density at radius 2 is 2.17 bits per heavy atom. The van der Waals surface area contributed by atoms with Crippen molar-refractivity contribution >= 4 is 5.97 Å². The van der Waals surface area contributed by atoms with Crippen LogP contribution in [0.15, 0.2) is 12.2 Å². The van der Waals surface area contributed by atoms with E-state index < -0.39 is 5.97 Å². The van der Waals surface area contributed by atoms with Gasteiger partial charge in [0.1, 0.15) is 0 Å². The lowest BCUT2D eigenvalue weighted by atomic mass is 9.89. The molecule has 2 saturated carbocycles. The maximum absolute atomic E-state index is 10.3. The summed E-state index contributed by atoms with van der Waals surface area (Å²) in [5.41, 5.74) is 0. The molecule has 2 heteroatoms. The molecule has 0 unspecified atom stereocenters. The fraction of sp³-hybridized carbons (Fsp3) is 0.700. The Bertz CT molecular complexity index is 220. The Labute approximate surface area is 72.3 Å². The number of aliphatic carboxylic acids is 1. The molecule has 0 aromatic heterocycles. The van der Waals surface area contributed by atoms with Gasteiger partial charge in [-0.3, -0.25) is 0 Å². The zero-order chi connectivity index (χ0) is 8.55. The van der Waals surface area contributed by atoms with Crippen LogP contribution in [0.5, 0.6) is 0 Å². The molecule has 0 saturated heterocycles. The average Bonchev–Trinajstić information content (AvgIpc) is 2.60. The van der Waals surface area contributed by atoms with E-state index in [0.717, 1.165) is 11.8 Å². The number of carbonyl (C=O) groups is 1. The molecule has 0 spiro atoms. The number of carboxylic acid groups (broad SMARTS) is 1. The van der Waals surface area contributed by atoms with E-state index in [1.807, 2.05) is 6.08 Å². The second-order valence-corrected chi connectivity index (χ2v) is 4.04. The van der Waals surface area contributed by atoms with Crippen LogP contribution in [0.1, 0.15) is 25.7 Å². The van der Waals surface area contributed by atoms with Gasteiger partial charge in [-0.05, 0) is 37.0 Å². The zero-order valence-electron chi connectivity index (χ0n) is 7.07. The summed E-state index contributed by atoms with van der Waals surface area (Å²) in [6.45, 7) is 0. The van der Waals surface area contributed by atoms with Crippen LogP contribution in [-0.2, 0) is 4.79 Å². The summed E-state index contributed by atoms with van der Waals surface area (Å²) < 4.78 is 0. The van der Waals surface area contributed by atoms with Crippen LogP contribution in [0.25, 0.3) is 0 Å². The van der Waals surface area contributed by atoms with Gasteiger partial charge >= 0.3 is 5.97 Å². The fourth-order valence-electron chi connectivity index (χ4n) is 2.74. The van der Waals surface area contributed by atoms with Crippen LogP contribution < -0.4 is 0 Å². The number of hydrogen-bond acceptors (Lipinski definition) is 1. The highest BCUT2D eigenvalue weighted by molar-refractivity contribution is 5.79. The normalized spacial score (nSPS) is 39.5. The average molecular weight is 166 g/mol. The molecule has 0 aromatic carbocycles. The molecule has 2 rings (SSSR count). The maximum Gasteiger partial charge on any atom is 0.327 e. The predicted octanol–water partition coefficient (Wildman–Crippen LogP) is 2.06. The van der Waals surface area contributed by atoms with Crippen molar-refractivity contribution in [2.45, 2.75) is 25.7 Å². The standard InChI is InChI=1S/C10H14O2/c11-10(12)4-3-9-6-7-1-2-8(9)5-7/h3-4,7-9H,1-2,5-6H2,(H,11,12)/b4-3+/t7-,8+,9+/m1/s1. The van der Waals surface area contributed by atoms with Crippen molar-refractivity contribution in [1.29, 1.82) is 0 Å². The molecule has 0 aliphatic heterocycles. The predicted molar refractivity (Wildman–Crippen MR) is 45.7 cm³/mol. The van der Waals surface area contributed by atoms with Crippen molar-refractivity contribution in [3.63, 3.8) is 0 Å². The second kappa shape index (κ2) is 2.92. The molecule has 0 heterocycles. The smallest absolute Gasteiger partial charge is 0.327 e. The second-order valence-electron chi connectivity index (χ2n) is 4.04. The minimum atomic E-state index is -0.808. The highest BCUT2D eigenvalue weighted by Gasteiger charge is 2.37. The lowest BCUT2D eigenvalue weighted by Gasteiger charge is -2.17. The van der Waals surface area contributed by atoms with E-state index in [0.29, 0.717) is 5.92 Å². The Morgan fingerprint density at radius 3 is 2.67 bits per heavy atom. The molecule has 2 bridgehead atoms. The fourth-order valence-corrected chi connectivity index (χ4v) is 2.74. The number of carboxylic acids is 1. The lowest BCUT2D eigenvalue weighted by molar-refractivity contribution is -0.131. The van der Waals surface area contributed by atoms with Gasteiger partial charge in [0, 0.05) is 6.08 Å². The van der Waals surface area contributed by atoms with Gasteiger partial charge in [-0.25, -0.2) is 4.79 Å². The van der Waals surface area contributed by atoms with Gasteiger partial charge in [-0.1, -0.05) is 12.5 Å². The van der Waals surface area contributed by atoms with Gasteiger partial charge in [-0.2, -0.15) is 0 Å². The van der Waals surface area contributed by atoms with Gasteiger partial charge < -0.3 is 5.11 Å². The first-order chi connectivity index (χ1) is 5.75. The van der Waals surface area contributed by atoms with Crippen molar-refractivity contribution in [3.8, 4) is 0 Å². The molecule has 0 amide bonds. The summed E-state index contributed by atoms with van der Waals surface area (Å²) in [6, 6.07) is 0. The van der Waals surface area contributed by atoms with Crippen molar-refractivity contribution < 1.29 is 9.90 Å². The van der Waals surface area contributed by atoms with Gasteiger partial charge in [0.2, 0.25) is 0 Å². The molecule has 3 atom stereocenters. The van der Waals surface area contributed by atoms with Gasteiger partial charge in [0.15, 0.2) is 0 Å². The quantitative estimate of drug-likeness (QED) is 0.637. The van der Waals surface area contributed by atoms with Crippen LogP contribution >= 0.6 is 0 Å². The zero-order valence-corrected chi connectivity index (χ0v) is 7.07. The summed E-state index contributed by atoms with van der Waals surface area (Å²) in [5, 5.41) is 8.46. The van der Waals surface area contributed by atoms with Crippen LogP contribution in [-0.4, -0.2) is 11.1 Å². The summed E-state index contributed by atoms with van der Waals surface area (Å²) in [6.07, 6.45) is 8.47. The van der Waals surface area contributed by atoms with Crippen molar-refractivity contribution in [3.05, 3.63) is 12.2 Å². The van der Waals surface area contributed by atoms with E-state index in [4.69, 9.17) is 5.11 Å². The van der Waals surface area contributed by atoms with E-state index in [-0.39, 0.29) is 0 Å². The molecule has 1 N–H and O–H groups in total. The SMILES string of the molecule is O=C(O)/C=C/[C@H]1C[C@@H]2CC[C@H]1C2. The van der Waals surface area contributed by atoms with Crippen LogP contribution in [0.4, 0.5) is 0 Å². The van der Waals surface area contributed by atoms with Gasteiger partial charge in [-0.15, -0.1) is 0 Å². The molecule has 0 aromatic rings. The largest absolute Gasteiger partial charge is 0.478 e. The molecule has 2 nitrogen and oxygen atoms in total. The first kappa shape index (κ1) is 7.84. The first-order valence-electron chi connectivity index (χ1n) is 4.67. The van der Waals surface area contributed by atoms with Gasteiger partial charge in [0.25, 0.3) is 0 Å². The maximum atomic E-state index is 10.3. The van der Waals surface area contributed by atoms with Crippen molar-refractivity contribution in [2.24, 2.45) is 17.8 Å². The number of hydrogen-bond donors (Lipinski definition) is 1. The van der Waals surface area contributed by atoms with E-state index in [2.05, 4.69) is 0 Å². The molecular weight excluding hydrogens is 152 g/mol. The monoisotopic (exact) mass is 166 g/mol. The van der Waals surface area contributed by atoms with E-state index >= 15 is 0 Å². The third-order valence-electron chi connectivity index (χ3n) is 3.28. The molecular formula is C10H14O2. The Balaban J connectivity index is 1.94. The van der Waals surface area contributed by atoms with Crippen molar-refractivity contribution in [1.82, 2.24) is 0 Å². The molecule has 2 aliphatic carbocycles. The van der Waals surface area contributed by atoms with Crippen LogP contribution in [0, 0.1) is 17.8 Å². The molecule has 2 aliphatic rings. The summed E-state index contributed by atoms with van der Waals surface area (Å²) in [5.74, 6) is 1.46. The summed E-state index contributed by atoms with van der Waals surface area (Å²) in [4.78, 5) is 10.3. The number of rotatable bonds is 2. The highest BCUT2D eigenvalue weighted by atomic mass is 16.4. The summed E-state index contributed by atoms with van der Waals surface area (Å²) in [7, 11) is 0. The third kappa shape index (κ3) is 1.38. The van der Waals surface area contributed by atoms with Gasteiger partial charge in [0.05, 0.1) is 0 Å². The number of fused-ring (bicyclic) bond motifs is 2. The first-order valence-corrected chi connectivity index (χ1v) is 4.67. The molecule has 66 valence electrons.